The molecular weight excluding hydrogens is 332 g/mol. The van der Waals surface area contributed by atoms with E-state index in [0.717, 1.165) is 20.7 Å². The van der Waals surface area contributed by atoms with Crippen LogP contribution >= 0.6 is 34.5 Å². The second-order valence-corrected chi connectivity index (χ2v) is 6.39. The fourth-order valence-electron chi connectivity index (χ4n) is 1.97. The molecule has 0 spiro atoms. The zero-order valence-electron chi connectivity index (χ0n) is 11.0. The molecule has 21 heavy (non-hydrogen) atoms. The summed E-state index contributed by atoms with van der Waals surface area (Å²) >= 11 is 13.7. The van der Waals surface area contributed by atoms with Crippen molar-refractivity contribution < 1.29 is 4.39 Å². The predicted octanol–water partition coefficient (Wildman–Crippen LogP) is 5.06. The van der Waals surface area contributed by atoms with Crippen LogP contribution in [0.15, 0.2) is 24.3 Å². The summed E-state index contributed by atoms with van der Waals surface area (Å²) < 4.78 is 12.9. The molecule has 0 saturated carbocycles. The minimum atomic E-state index is -0.261. The van der Waals surface area contributed by atoms with Gasteiger partial charge in [-0.1, -0.05) is 23.7 Å². The number of halogens is 3. The molecule has 0 unspecified atom stereocenters. The Hall–Kier alpha value is -1.43. The zero-order valence-corrected chi connectivity index (χ0v) is 13.3. The van der Waals surface area contributed by atoms with Crippen molar-refractivity contribution in [3.05, 3.63) is 50.8 Å². The normalized spacial score (nSPS) is 11.0. The van der Waals surface area contributed by atoms with Crippen molar-refractivity contribution in [3.8, 4) is 0 Å². The first-order valence-corrected chi connectivity index (χ1v) is 7.72. The number of nitrogens with zero attached hydrogens (tertiary/aromatic N) is 2. The quantitative estimate of drug-likeness (QED) is 0.676. The zero-order chi connectivity index (χ0) is 15.0. The van der Waals surface area contributed by atoms with Crippen molar-refractivity contribution in [3.63, 3.8) is 0 Å². The van der Waals surface area contributed by atoms with Crippen molar-refractivity contribution in [1.82, 2.24) is 9.97 Å². The van der Waals surface area contributed by atoms with Gasteiger partial charge in [0.1, 0.15) is 16.5 Å². The predicted molar refractivity (Wildman–Crippen MR) is 85.9 cm³/mol. The second-order valence-electron chi connectivity index (χ2n) is 4.47. The maximum Gasteiger partial charge on any atom is 0.225 e. The van der Waals surface area contributed by atoms with Crippen LogP contribution in [0.25, 0.3) is 10.2 Å². The SMILES string of the molecule is Cc1sc2nc(Cl)nc(NCc3ccc(F)cc3)c2c1Cl. The van der Waals surface area contributed by atoms with Gasteiger partial charge in [0.2, 0.25) is 5.28 Å². The Balaban J connectivity index is 1.94. The summed E-state index contributed by atoms with van der Waals surface area (Å²) in [4.78, 5) is 10.1. The highest BCUT2D eigenvalue weighted by Gasteiger charge is 2.15. The number of hydrogen-bond donors (Lipinski definition) is 1. The average Bonchev–Trinajstić information content (AvgIpc) is 2.73. The van der Waals surface area contributed by atoms with Crippen LogP contribution in [0.3, 0.4) is 0 Å². The summed E-state index contributed by atoms with van der Waals surface area (Å²) in [6.45, 7) is 2.42. The molecule has 1 aromatic carbocycles. The first-order chi connectivity index (χ1) is 10.0. The Kier molecular flexibility index (Phi) is 3.97. The summed E-state index contributed by atoms with van der Waals surface area (Å²) in [6, 6.07) is 6.26. The molecule has 2 heterocycles. The van der Waals surface area contributed by atoms with E-state index >= 15 is 0 Å². The Morgan fingerprint density at radius 1 is 1.19 bits per heavy atom. The topological polar surface area (TPSA) is 37.8 Å². The molecule has 0 aliphatic rings. The molecule has 0 bridgehead atoms. The maximum absolute atomic E-state index is 12.9. The van der Waals surface area contributed by atoms with Gasteiger partial charge < -0.3 is 5.32 Å². The highest BCUT2D eigenvalue weighted by atomic mass is 35.5. The fourth-order valence-corrected chi connectivity index (χ4v) is 3.45. The van der Waals surface area contributed by atoms with Crippen molar-refractivity contribution in [2.45, 2.75) is 13.5 Å². The summed E-state index contributed by atoms with van der Waals surface area (Å²) in [6.07, 6.45) is 0. The fraction of sp³-hybridized carbons (Fsp3) is 0.143. The van der Waals surface area contributed by atoms with Crippen LogP contribution in [-0.4, -0.2) is 9.97 Å². The Morgan fingerprint density at radius 2 is 1.90 bits per heavy atom. The molecular formula is C14H10Cl2FN3S. The van der Waals surface area contributed by atoms with Gasteiger partial charge in [-0.2, -0.15) is 0 Å². The summed E-state index contributed by atoms with van der Waals surface area (Å²) in [7, 11) is 0. The average molecular weight is 342 g/mol. The number of hydrogen-bond acceptors (Lipinski definition) is 4. The third-order valence-electron chi connectivity index (χ3n) is 3.00. The first kappa shape index (κ1) is 14.5. The lowest BCUT2D eigenvalue weighted by Gasteiger charge is -2.07. The van der Waals surface area contributed by atoms with E-state index < -0.39 is 0 Å². The van der Waals surface area contributed by atoms with E-state index in [4.69, 9.17) is 23.2 Å². The lowest BCUT2D eigenvalue weighted by molar-refractivity contribution is 0.627. The van der Waals surface area contributed by atoms with Crippen LogP contribution in [-0.2, 0) is 6.54 Å². The molecule has 3 aromatic rings. The number of benzene rings is 1. The molecule has 3 rings (SSSR count). The van der Waals surface area contributed by atoms with Gasteiger partial charge in [-0.3, -0.25) is 0 Å². The molecule has 1 N–H and O–H groups in total. The number of rotatable bonds is 3. The standard InChI is InChI=1S/C14H10Cl2FN3S/c1-7-11(15)10-12(19-14(16)20-13(10)21-7)18-6-8-2-4-9(17)5-3-8/h2-5H,6H2,1H3,(H,18,19,20). The lowest BCUT2D eigenvalue weighted by Crippen LogP contribution is -2.02. The number of aryl methyl sites for hydroxylation is 1. The van der Waals surface area contributed by atoms with Crippen molar-refractivity contribution in [1.29, 1.82) is 0 Å². The maximum atomic E-state index is 12.9. The van der Waals surface area contributed by atoms with Crippen LogP contribution in [0.4, 0.5) is 10.2 Å². The number of fused-ring (bicyclic) bond motifs is 1. The lowest BCUT2D eigenvalue weighted by atomic mass is 10.2. The minimum Gasteiger partial charge on any atom is -0.365 e. The summed E-state index contributed by atoms with van der Waals surface area (Å²) in [5.74, 6) is 0.325. The number of thiophene rings is 1. The van der Waals surface area contributed by atoms with E-state index in [0.29, 0.717) is 17.4 Å². The van der Waals surface area contributed by atoms with E-state index in [9.17, 15) is 4.39 Å². The third kappa shape index (κ3) is 2.95. The second kappa shape index (κ2) is 5.75. The number of anilines is 1. The molecule has 2 aromatic heterocycles. The van der Waals surface area contributed by atoms with Crippen molar-refractivity contribution in [2.24, 2.45) is 0 Å². The first-order valence-electron chi connectivity index (χ1n) is 6.15. The largest absolute Gasteiger partial charge is 0.365 e. The van der Waals surface area contributed by atoms with E-state index in [2.05, 4.69) is 15.3 Å². The van der Waals surface area contributed by atoms with Crippen LogP contribution in [0.2, 0.25) is 10.3 Å². The molecule has 0 radical (unpaired) electrons. The van der Waals surface area contributed by atoms with E-state index in [1.165, 1.54) is 23.5 Å². The monoisotopic (exact) mass is 341 g/mol. The number of nitrogens with one attached hydrogen (secondary N) is 1. The van der Waals surface area contributed by atoms with E-state index in [1.807, 2.05) is 6.92 Å². The molecule has 108 valence electrons. The molecule has 0 atom stereocenters. The van der Waals surface area contributed by atoms with Gasteiger partial charge in [-0.15, -0.1) is 11.3 Å². The molecule has 0 saturated heterocycles. The minimum absolute atomic E-state index is 0.169. The van der Waals surface area contributed by atoms with E-state index in [1.54, 1.807) is 12.1 Å². The van der Waals surface area contributed by atoms with Crippen LogP contribution in [0.1, 0.15) is 10.4 Å². The Labute approximate surface area is 134 Å². The van der Waals surface area contributed by atoms with Gasteiger partial charge >= 0.3 is 0 Å². The molecule has 3 nitrogen and oxygen atoms in total. The van der Waals surface area contributed by atoms with Gasteiger partial charge in [-0.05, 0) is 36.2 Å². The van der Waals surface area contributed by atoms with Crippen LogP contribution in [0, 0.1) is 12.7 Å². The summed E-state index contributed by atoms with van der Waals surface area (Å²) in [5, 5.41) is 4.75. The smallest absolute Gasteiger partial charge is 0.225 e. The van der Waals surface area contributed by atoms with Crippen molar-refractivity contribution in [2.75, 3.05) is 5.32 Å². The van der Waals surface area contributed by atoms with Crippen LogP contribution < -0.4 is 5.32 Å². The molecule has 7 heteroatoms. The highest BCUT2D eigenvalue weighted by molar-refractivity contribution is 7.19. The highest BCUT2D eigenvalue weighted by Crippen LogP contribution is 2.38. The van der Waals surface area contributed by atoms with Crippen molar-refractivity contribution >= 4 is 50.6 Å². The van der Waals surface area contributed by atoms with Gasteiger partial charge in [-0.25, -0.2) is 14.4 Å². The molecule has 0 amide bonds. The van der Waals surface area contributed by atoms with Gasteiger partial charge in [0.15, 0.2) is 0 Å². The Morgan fingerprint density at radius 3 is 2.62 bits per heavy atom. The third-order valence-corrected chi connectivity index (χ3v) is 4.75. The Bertz CT molecular complexity index is 802. The van der Waals surface area contributed by atoms with E-state index in [-0.39, 0.29) is 11.1 Å². The van der Waals surface area contributed by atoms with Crippen LogP contribution in [0.5, 0.6) is 0 Å². The number of aromatic nitrogens is 2. The molecule has 0 aliphatic heterocycles. The molecule has 0 aliphatic carbocycles. The van der Waals surface area contributed by atoms with Gasteiger partial charge in [0, 0.05) is 11.4 Å². The van der Waals surface area contributed by atoms with Gasteiger partial charge in [0.25, 0.3) is 0 Å². The molecule has 0 fully saturated rings. The van der Waals surface area contributed by atoms with Gasteiger partial charge in [0.05, 0.1) is 10.4 Å². The summed E-state index contributed by atoms with van der Waals surface area (Å²) in [5.41, 5.74) is 0.933.